The van der Waals surface area contributed by atoms with Crippen LogP contribution in [0.4, 0.5) is 0 Å². The largest absolute Gasteiger partial charge is 0.494 e. The second kappa shape index (κ2) is 8.55. The van der Waals surface area contributed by atoms with Gasteiger partial charge in [-0.2, -0.15) is 0 Å². The van der Waals surface area contributed by atoms with Crippen molar-refractivity contribution in [3.63, 3.8) is 0 Å². The molecule has 2 heterocycles. The number of para-hydroxylation sites is 1. The molecule has 0 fully saturated rings. The first-order valence-corrected chi connectivity index (χ1v) is 11.6. The quantitative estimate of drug-likeness (QED) is 0.265. The van der Waals surface area contributed by atoms with E-state index in [1.165, 1.54) is 11.1 Å². The summed E-state index contributed by atoms with van der Waals surface area (Å²) in [6, 6.07) is 23.9. The van der Waals surface area contributed by atoms with Crippen LogP contribution in [0.5, 0.6) is 5.75 Å². The molecule has 0 saturated carbocycles. The van der Waals surface area contributed by atoms with Crippen LogP contribution in [-0.2, 0) is 5.75 Å². The minimum Gasteiger partial charge on any atom is -0.494 e. The molecule has 0 amide bonds. The predicted molar refractivity (Wildman–Crippen MR) is 131 cm³/mol. The Morgan fingerprint density at radius 1 is 1.03 bits per heavy atom. The number of H-pyrrole nitrogens is 1. The first kappa shape index (κ1) is 20.4. The maximum Gasteiger partial charge on any atom is 0.283 e. The number of nitrogens with one attached hydrogen (secondary N) is 1. The minimum atomic E-state index is -0.109. The van der Waals surface area contributed by atoms with Crippen LogP contribution in [0.25, 0.3) is 27.6 Å². The van der Waals surface area contributed by atoms with Crippen molar-refractivity contribution < 1.29 is 4.74 Å². The molecule has 1 N–H and O–H groups in total. The molecule has 3 aromatic carbocycles. The molecular formula is C26H23N3O2S. The van der Waals surface area contributed by atoms with Crippen LogP contribution < -0.4 is 10.3 Å². The molecule has 5 nitrogen and oxygen atoms in total. The van der Waals surface area contributed by atoms with Gasteiger partial charge in [-0.3, -0.25) is 9.36 Å². The zero-order valence-corrected chi connectivity index (χ0v) is 18.8. The summed E-state index contributed by atoms with van der Waals surface area (Å²) in [5, 5.41) is 1.62. The molecule has 0 spiro atoms. The van der Waals surface area contributed by atoms with Gasteiger partial charge >= 0.3 is 0 Å². The predicted octanol–water partition coefficient (Wildman–Crippen LogP) is 5.87. The molecule has 5 aromatic rings. The second-order valence-electron chi connectivity index (χ2n) is 7.63. The number of ether oxygens (including phenoxy) is 1. The fourth-order valence-electron chi connectivity index (χ4n) is 3.87. The molecule has 160 valence electrons. The first-order chi connectivity index (χ1) is 15.6. The average molecular weight is 442 g/mol. The van der Waals surface area contributed by atoms with Gasteiger partial charge < -0.3 is 9.72 Å². The fourth-order valence-corrected chi connectivity index (χ4v) is 4.82. The van der Waals surface area contributed by atoms with E-state index in [0.29, 0.717) is 22.8 Å². The lowest BCUT2D eigenvalue weighted by Crippen LogP contribution is -2.21. The molecule has 6 heteroatoms. The third-order valence-electron chi connectivity index (χ3n) is 5.35. The molecule has 32 heavy (non-hydrogen) atoms. The van der Waals surface area contributed by atoms with E-state index in [0.717, 1.165) is 28.1 Å². The zero-order valence-electron chi connectivity index (χ0n) is 18.0. The fraction of sp³-hybridized carbons (Fsp3) is 0.154. The number of rotatable bonds is 6. The van der Waals surface area contributed by atoms with Crippen LogP contribution in [0, 0.1) is 6.92 Å². The summed E-state index contributed by atoms with van der Waals surface area (Å²) in [5.74, 6) is 1.50. The Labute approximate surface area is 190 Å². The maximum atomic E-state index is 13.6. The van der Waals surface area contributed by atoms with Gasteiger partial charge in [-0.25, -0.2) is 4.98 Å². The van der Waals surface area contributed by atoms with E-state index in [9.17, 15) is 4.79 Å². The Balaban J connectivity index is 1.66. The average Bonchev–Trinajstić information content (AvgIpc) is 3.18. The molecule has 0 bridgehead atoms. The standard InChI is InChI=1S/C26H23N3O2S/c1-3-31-20-13-11-19(12-14-20)29-25(30)24-23(21-9-4-5-10-22(21)27-24)28-26(29)32-16-18-8-6-7-17(2)15-18/h4-15,27H,3,16H2,1-2H3. The number of fused-ring (bicyclic) bond motifs is 3. The molecule has 0 aliphatic rings. The van der Waals surface area contributed by atoms with E-state index < -0.39 is 0 Å². The first-order valence-electron chi connectivity index (χ1n) is 10.6. The highest BCUT2D eigenvalue weighted by Crippen LogP contribution is 2.28. The van der Waals surface area contributed by atoms with Crippen molar-refractivity contribution in [1.82, 2.24) is 14.5 Å². The summed E-state index contributed by atoms with van der Waals surface area (Å²) < 4.78 is 7.26. The van der Waals surface area contributed by atoms with E-state index in [1.54, 1.807) is 16.3 Å². The minimum absolute atomic E-state index is 0.109. The number of hydrogen-bond acceptors (Lipinski definition) is 4. The number of benzene rings is 3. The number of thioether (sulfide) groups is 1. The van der Waals surface area contributed by atoms with E-state index in [-0.39, 0.29) is 5.56 Å². The highest BCUT2D eigenvalue weighted by Gasteiger charge is 2.17. The van der Waals surface area contributed by atoms with Gasteiger partial charge in [0.1, 0.15) is 16.8 Å². The number of aromatic amines is 1. The monoisotopic (exact) mass is 441 g/mol. The Kier molecular flexibility index (Phi) is 5.45. The van der Waals surface area contributed by atoms with Gasteiger partial charge in [0.2, 0.25) is 0 Å². The van der Waals surface area contributed by atoms with Crippen molar-refractivity contribution in [3.8, 4) is 11.4 Å². The summed E-state index contributed by atoms with van der Waals surface area (Å²) in [6.45, 7) is 4.63. The number of hydrogen-bond donors (Lipinski definition) is 1. The smallest absolute Gasteiger partial charge is 0.283 e. The van der Waals surface area contributed by atoms with E-state index >= 15 is 0 Å². The summed E-state index contributed by atoms with van der Waals surface area (Å²) >= 11 is 1.57. The van der Waals surface area contributed by atoms with Gasteiger partial charge in [0.15, 0.2) is 5.16 Å². The molecule has 0 aliphatic heterocycles. The van der Waals surface area contributed by atoms with Crippen molar-refractivity contribution >= 4 is 33.7 Å². The molecule has 0 unspecified atom stereocenters. The maximum absolute atomic E-state index is 13.6. The van der Waals surface area contributed by atoms with Crippen LogP contribution >= 0.6 is 11.8 Å². The Morgan fingerprint density at radius 3 is 2.62 bits per heavy atom. The van der Waals surface area contributed by atoms with Gasteiger partial charge in [-0.1, -0.05) is 59.8 Å². The van der Waals surface area contributed by atoms with E-state index in [1.807, 2.05) is 55.5 Å². The lowest BCUT2D eigenvalue weighted by Gasteiger charge is -2.13. The highest BCUT2D eigenvalue weighted by atomic mass is 32.2. The van der Waals surface area contributed by atoms with E-state index in [2.05, 4.69) is 36.2 Å². The Bertz CT molecular complexity index is 1470. The highest BCUT2D eigenvalue weighted by molar-refractivity contribution is 7.98. The van der Waals surface area contributed by atoms with Crippen LogP contribution in [0.1, 0.15) is 18.1 Å². The van der Waals surface area contributed by atoms with E-state index in [4.69, 9.17) is 9.72 Å². The van der Waals surface area contributed by atoms with Gasteiger partial charge in [-0.15, -0.1) is 0 Å². The molecule has 2 aromatic heterocycles. The number of aryl methyl sites for hydroxylation is 1. The Morgan fingerprint density at radius 2 is 1.84 bits per heavy atom. The van der Waals surface area contributed by atoms with Crippen molar-refractivity contribution in [1.29, 1.82) is 0 Å². The van der Waals surface area contributed by atoms with Crippen molar-refractivity contribution in [2.75, 3.05) is 6.61 Å². The normalized spacial score (nSPS) is 11.3. The van der Waals surface area contributed by atoms with Crippen LogP contribution in [0.3, 0.4) is 0 Å². The summed E-state index contributed by atoms with van der Waals surface area (Å²) in [6.07, 6.45) is 0. The SMILES string of the molecule is CCOc1ccc(-n2c(SCc3cccc(C)c3)nc3c([nH]c4ccccc43)c2=O)cc1. The van der Waals surface area contributed by atoms with Crippen molar-refractivity contribution in [2.45, 2.75) is 24.8 Å². The molecule has 0 radical (unpaired) electrons. The lowest BCUT2D eigenvalue weighted by molar-refractivity contribution is 0.340. The number of aromatic nitrogens is 3. The van der Waals surface area contributed by atoms with Gasteiger partial charge in [0, 0.05) is 16.7 Å². The molecule has 5 rings (SSSR count). The molecular weight excluding hydrogens is 418 g/mol. The molecule has 0 atom stereocenters. The second-order valence-corrected chi connectivity index (χ2v) is 8.58. The number of nitrogens with zero attached hydrogens (tertiary/aromatic N) is 2. The third-order valence-corrected chi connectivity index (χ3v) is 6.36. The third kappa shape index (κ3) is 3.78. The Hall–Kier alpha value is -3.51. The van der Waals surface area contributed by atoms with Gasteiger partial charge in [0.25, 0.3) is 5.56 Å². The summed E-state index contributed by atoms with van der Waals surface area (Å²) in [4.78, 5) is 21.9. The van der Waals surface area contributed by atoms with Crippen molar-refractivity contribution in [2.24, 2.45) is 0 Å². The van der Waals surface area contributed by atoms with Crippen molar-refractivity contribution in [3.05, 3.63) is 94.3 Å². The molecule has 0 aliphatic carbocycles. The van der Waals surface area contributed by atoms with Crippen LogP contribution in [0.15, 0.2) is 82.7 Å². The lowest BCUT2D eigenvalue weighted by atomic mass is 10.2. The topological polar surface area (TPSA) is 59.9 Å². The zero-order chi connectivity index (χ0) is 22.1. The van der Waals surface area contributed by atoms with Gasteiger partial charge in [-0.05, 0) is 49.7 Å². The van der Waals surface area contributed by atoms with Gasteiger partial charge in [0.05, 0.1) is 12.3 Å². The summed E-state index contributed by atoms with van der Waals surface area (Å²) in [5.41, 5.74) is 5.19. The van der Waals surface area contributed by atoms with Crippen LogP contribution in [-0.4, -0.2) is 21.1 Å². The van der Waals surface area contributed by atoms with Crippen LogP contribution in [0.2, 0.25) is 0 Å². The molecule has 0 saturated heterocycles. The summed E-state index contributed by atoms with van der Waals surface area (Å²) in [7, 11) is 0.